The second kappa shape index (κ2) is 28.1. The average Bonchev–Trinajstić information content (AvgIpc) is 1.50. The number of fused-ring (bicyclic) bond motifs is 14. The number of hydrogen-bond acceptors (Lipinski definition) is 6. The van der Waals surface area contributed by atoms with Gasteiger partial charge < -0.3 is 9.80 Å². The van der Waals surface area contributed by atoms with Gasteiger partial charge in [-0.2, -0.15) is 0 Å². The fourth-order valence-electron chi connectivity index (χ4n) is 17.8. The van der Waals surface area contributed by atoms with E-state index in [4.69, 9.17) is 0 Å². The summed E-state index contributed by atoms with van der Waals surface area (Å²) in [6, 6.07) is 154. The smallest absolute Gasteiger partial charge is 0.0467 e. The summed E-state index contributed by atoms with van der Waals surface area (Å²) in [6.45, 7) is 0. The van der Waals surface area contributed by atoms with Gasteiger partial charge in [-0.15, -0.1) is 45.3 Å². The Morgan fingerprint density at radius 1 is 0.138 bits per heavy atom. The maximum absolute atomic E-state index is 2.44. The lowest BCUT2D eigenvalue weighted by atomic mass is 9.96. The first-order valence-corrected chi connectivity index (χ1v) is 42.7. The SMILES string of the molecule is c1cc(-c2cccc(N(c3cccc(-c4ccc5c(c4)sc4ccccc45)c3)c3cccc(-c4cccc5ccccc45)c3)c2)cc(-c2cccc3c2sc2cc(-c4ccc5c(c4)sc4cc(-c6cccc(N(c7cccc(-c8ccc9c(c8)sc8ccccc89)c7)c7cccc(-c8cccc9ccccc89)c7)c6)ccc45)ccc23)c1. The van der Waals surface area contributed by atoms with Crippen LogP contribution in [0, 0.1) is 0 Å². The highest BCUT2D eigenvalue weighted by atomic mass is 32.1. The predicted octanol–water partition coefficient (Wildman–Crippen LogP) is 33.7. The van der Waals surface area contributed by atoms with Crippen molar-refractivity contribution in [2.45, 2.75) is 0 Å². The summed E-state index contributed by atoms with van der Waals surface area (Å²) >= 11 is 7.51. The van der Waals surface area contributed by atoms with E-state index >= 15 is 0 Å². The van der Waals surface area contributed by atoms with Crippen molar-refractivity contribution in [2.24, 2.45) is 0 Å². The fourth-order valence-corrected chi connectivity index (χ4v) is 22.5. The molecule has 116 heavy (non-hydrogen) atoms. The molecule has 0 radical (unpaired) electrons. The molecule has 0 saturated carbocycles. The van der Waals surface area contributed by atoms with E-state index in [1.165, 1.54) is 175 Å². The van der Waals surface area contributed by atoms with Crippen molar-refractivity contribution < 1.29 is 0 Å². The van der Waals surface area contributed by atoms with Crippen molar-refractivity contribution in [3.05, 3.63) is 413 Å². The minimum atomic E-state index is 1.08. The Bertz CT molecular complexity index is 7890. The Morgan fingerprint density at radius 3 is 0.776 bits per heavy atom. The van der Waals surface area contributed by atoms with Crippen molar-refractivity contribution in [2.75, 3.05) is 9.80 Å². The van der Waals surface area contributed by atoms with E-state index in [1.807, 2.05) is 45.3 Å². The number of benzene rings is 19. The molecule has 0 aliphatic carbocycles. The second-order valence-electron chi connectivity index (χ2n) is 30.2. The first-order valence-electron chi connectivity index (χ1n) is 39.5. The molecule has 0 bridgehead atoms. The summed E-state index contributed by atoms with van der Waals surface area (Å²) in [4.78, 5) is 4.87. The molecule has 0 amide bonds. The van der Waals surface area contributed by atoms with Gasteiger partial charge in [-0.25, -0.2) is 0 Å². The molecule has 0 N–H and O–H groups in total. The molecular formula is C110H68N2S4. The van der Waals surface area contributed by atoms with Gasteiger partial charge in [-0.3, -0.25) is 0 Å². The Hall–Kier alpha value is -13.8. The largest absolute Gasteiger partial charge is 0.310 e. The van der Waals surface area contributed by atoms with Crippen LogP contribution < -0.4 is 9.80 Å². The molecule has 19 aromatic carbocycles. The van der Waals surface area contributed by atoms with E-state index in [0.717, 1.165) is 50.8 Å². The van der Waals surface area contributed by atoms with E-state index in [1.54, 1.807) is 0 Å². The van der Waals surface area contributed by atoms with Crippen molar-refractivity contribution in [3.8, 4) is 89.0 Å². The first-order chi connectivity index (χ1) is 57.4. The Morgan fingerprint density at radius 2 is 0.379 bits per heavy atom. The lowest BCUT2D eigenvalue weighted by Crippen LogP contribution is -2.10. The summed E-state index contributed by atoms with van der Waals surface area (Å²) < 4.78 is 10.3. The van der Waals surface area contributed by atoms with E-state index in [-0.39, 0.29) is 0 Å². The summed E-state index contributed by atoms with van der Waals surface area (Å²) in [7, 11) is 0. The third-order valence-corrected chi connectivity index (χ3v) is 28.0. The van der Waals surface area contributed by atoms with Gasteiger partial charge in [0.1, 0.15) is 0 Å². The van der Waals surface area contributed by atoms with Crippen molar-refractivity contribution >= 4 is 182 Å². The van der Waals surface area contributed by atoms with Gasteiger partial charge in [-0.05, 0) is 232 Å². The molecule has 23 aromatic rings. The Kier molecular flexibility index (Phi) is 16.4. The molecule has 0 atom stereocenters. The number of rotatable bonds is 14. The Labute approximate surface area is 687 Å². The minimum absolute atomic E-state index is 1.08. The average molecular weight is 1550 g/mol. The van der Waals surface area contributed by atoms with E-state index in [0.29, 0.717) is 0 Å². The van der Waals surface area contributed by atoms with Crippen LogP contribution in [0.15, 0.2) is 413 Å². The molecule has 0 aliphatic heterocycles. The van der Waals surface area contributed by atoms with Crippen LogP contribution >= 0.6 is 45.3 Å². The fraction of sp³-hybridized carbons (Fsp3) is 0. The number of nitrogens with zero attached hydrogens (tertiary/aromatic N) is 2. The van der Waals surface area contributed by atoms with Crippen molar-refractivity contribution in [3.63, 3.8) is 0 Å². The topological polar surface area (TPSA) is 6.48 Å². The molecule has 4 heterocycles. The molecule has 4 aromatic heterocycles. The van der Waals surface area contributed by atoms with Crippen molar-refractivity contribution in [1.29, 1.82) is 0 Å². The van der Waals surface area contributed by atoms with Crippen molar-refractivity contribution in [1.82, 2.24) is 0 Å². The monoisotopic (exact) mass is 1540 g/mol. The number of thiophene rings is 4. The van der Waals surface area contributed by atoms with Gasteiger partial charge in [0.05, 0.1) is 0 Å². The molecule has 2 nitrogen and oxygen atoms in total. The van der Waals surface area contributed by atoms with Gasteiger partial charge in [0.25, 0.3) is 0 Å². The van der Waals surface area contributed by atoms with Gasteiger partial charge >= 0.3 is 0 Å². The quantitative estimate of drug-likeness (QED) is 0.107. The minimum Gasteiger partial charge on any atom is -0.310 e. The lowest BCUT2D eigenvalue weighted by molar-refractivity contribution is 1.28. The zero-order valence-electron chi connectivity index (χ0n) is 62.8. The third kappa shape index (κ3) is 11.9. The molecule has 0 fully saturated rings. The molecule has 0 saturated heterocycles. The van der Waals surface area contributed by atoms with E-state index in [2.05, 4.69) is 422 Å². The van der Waals surface area contributed by atoms with Gasteiger partial charge in [0, 0.05) is 115 Å². The highest BCUT2D eigenvalue weighted by molar-refractivity contribution is 7.27. The Balaban J connectivity index is 0.558. The molecule has 0 spiro atoms. The highest BCUT2D eigenvalue weighted by Crippen LogP contribution is 2.49. The molecule has 23 rings (SSSR count). The van der Waals surface area contributed by atoms with Crippen LogP contribution in [0.25, 0.3) is 191 Å². The summed E-state index contributed by atoms with van der Waals surface area (Å²) in [5.74, 6) is 0. The molecular weight excluding hydrogens is 1480 g/mol. The van der Waals surface area contributed by atoms with Gasteiger partial charge in [-0.1, -0.05) is 291 Å². The highest BCUT2D eigenvalue weighted by Gasteiger charge is 2.22. The van der Waals surface area contributed by atoms with Crippen LogP contribution in [0.1, 0.15) is 0 Å². The first kappa shape index (κ1) is 67.8. The lowest BCUT2D eigenvalue weighted by Gasteiger charge is -2.27. The molecule has 542 valence electrons. The second-order valence-corrected chi connectivity index (χ2v) is 34.5. The van der Waals surface area contributed by atoms with Gasteiger partial charge in [0.15, 0.2) is 0 Å². The summed E-state index contributed by atoms with van der Waals surface area (Å²) in [5, 5.41) is 15.3. The number of anilines is 6. The third-order valence-electron chi connectivity index (χ3n) is 23.4. The molecule has 6 heteroatoms. The maximum atomic E-state index is 2.44. The normalized spacial score (nSPS) is 11.8. The zero-order valence-corrected chi connectivity index (χ0v) is 66.1. The molecule has 0 aliphatic rings. The van der Waals surface area contributed by atoms with Gasteiger partial charge in [0.2, 0.25) is 0 Å². The zero-order chi connectivity index (χ0) is 76.3. The maximum Gasteiger partial charge on any atom is 0.0467 e. The van der Waals surface area contributed by atoms with Crippen LogP contribution in [0.3, 0.4) is 0 Å². The van der Waals surface area contributed by atoms with Crippen LogP contribution in [-0.2, 0) is 0 Å². The summed E-state index contributed by atoms with van der Waals surface area (Å²) in [6.07, 6.45) is 0. The predicted molar refractivity (Wildman–Crippen MR) is 506 cm³/mol. The number of hydrogen-bond donors (Lipinski definition) is 0. The summed E-state index contributed by atoms with van der Waals surface area (Å²) in [5.41, 5.74) is 25.6. The van der Waals surface area contributed by atoms with Crippen LogP contribution in [-0.4, -0.2) is 0 Å². The van der Waals surface area contributed by atoms with Crippen LogP contribution in [0.5, 0.6) is 0 Å². The standard InChI is InChI=1S/C110H68N2S4/c1-3-37-90-69(19-1)21-16-41-92(90)82-29-14-35-88(62-82)111(85-32-11-25-73(59-85)76-47-52-97-95-39-5-7-45-103(95)113-105(97)64-76)84-31-10-24-72(58-84)71-23-9-28-81(57-71)94-43-18-44-102-101-56-51-80(68-109(101)116-110(94)102)79-50-55-100-99-54-49-78(66-107(99)115-108(100)67-79)75-27-13-34-87(61-75)112(89-36-15-30-83(63-89)93-42-17-22-70-20-2-4-38-91(70)93)86-33-12-26-74(60-86)77-48-53-98-96-40-6-8-46-104(96)114-106(98)65-77/h1-68H. The van der Waals surface area contributed by atoms with Crippen LogP contribution in [0.4, 0.5) is 34.1 Å². The van der Waals surface area contributed by atoms with E-state index in [9.17, 15) is 0 Å². The van der Waals surface area contributed by atoms with E-state index < -0.39 is 0 Å². The molecule has 0 unspecified atom stereocenters. The van der Waals surface area contributed by atoms with Crippen LogP contribution in [0.2, 0.25) is 0 Å².